The number of likely N-dealkylation sites (tertiary alicyclic amines) is 2. The molecule has 0 bridgehead atoms. The highest BCUT2D eigenvalue weighted by molar-refractivity contribution is 5.96. The van der Waals surface area contributed by atoms with Crippen LogP contribution in [0.3, 0.4) is 0 Å². The smallest absolute Gasteiger partial charge is 0.254 e. The fraction of sp³-hybridized carbons (Fsp3) is 0.405. The number of carbonyl (C=O) groups excluding carboxylic acids is 2. The fourth-order valence-corrected chi connectivity index (χ4v) is 7.66. The van der Waals surface area contributed by atoms with Crippen LogP contribution in [0.2, 0.25) is 0 Å². The van der Waals surface area contributed by atoms with Gasteiger partial charge in [-0.25, -0.2) is 4.98 Å². The Hall–Kier alpha value is -5.09. The number of nitrogens with zero attached hydrogens (tertiary/aromatic N) is 4. The van der Waals surface area contributed by atoms with E-state index in [1.165, 1.54) is 5.56 Å². The van der Waals surface area contributed by atoms with Gasteiger partial charge in [0.1, 0.15) is 11.5 Å². The van der Waals surface area contributed by atoms with Gasteiger partial charge in [-0.15, -0.1) is 0 Å². The van der Waals surface area contributed by atoms with Crippen LogP contribution in [0.4, 0.5) is 0 Å². The zero-order valence-electron chi connectivity index (χ0n) is 31.0. The lowest BCUT2D eigenvalue weighted by molar-refractivity contribution is 0.0777. The lowest BCUT2D eigenvalue weighted by atomic mass is 9.76. The van der Waals surface area contributed by atoms with E-state index in [2.05, 4.69) is 34.1 Å². The number of furan rings is 1. The summed E-state index contributed by atoms with van der Waals surface area (Å²) in [5.41, 5.74) is 2.44. The summed E-state index contributed by atoms with van der Waals surface area (Å²) in [5.74, 6) is 3.43. The molecule has 2 aromatic heterocycles. The summed E-state index contributed by atoms with van der Waals surface area (Å²) in [7, 11) is 4.66. The van der Waals surface area contributed by atoms with Gasteiger partial charge in [0.2, 0.25) is 11.5 Å². The van der Waals surface area contributed by atoms with Crippen molar-refractivity contribution in [2.75, 3.05) is 54.1 Å². The second kappa shape index (κ2) is 16.5. The predicted octanol–water partition coefficient (Wildman–Crippen LogP) is 7.22. The van der Waals surface area contributed by atoms with Crippen molar-refractivity contribution in [3.8, 4) is 17.2 Å². The molecule has 2 fully saturated rings. The Kier molecular flexibility index (Phi) is 11.6. The Labute approximate surface area is 306 Å². The van der Waals surface area contributed by atoms with E-state index in [-0.39, 0.29) is 23.0 Å². The quantitative estimate of drug-likeness (QED) is 0.100. The number of benzene rings is 2. The minimum absolute atomic E-state index is 0.0580. The lowest BCUT2D eigenvalue weighted by Gasteiger charge is -2.36. The van der Waals surface area contributed by atoms with Gasteiger partial charge in [-0.2, -0.15) is 0 Å². The van der Waals surface area contributed by atoms with Crippen molar-refractivity contribution in [2.24, 2.45) is 5.92 Å². The average Bonchev–Trinajstić information content (AvgIpc) is 3.92. The van der Waals surface area contributed by atoms with E-state index in [1.807, 2.05) is 65.8 Å². The van der Waals surface area contributed by atoms with Crippen LogP contribution >= 0.6 is 0 Å². The Morgan fingerprint density at radius 2 is 1.69 bits per heavy atom. The molecule has 0 N–H and O–H groups in total. The van der Waals surface area contributed by atoms with Crippen molar-refractivity contribution in [3.63, 3.8) is 0 Å². The zero-order chi connectivity index (χ0) is 36.7. The number of methoxy groups -OCH3 is 3. The second-order valence-electron chi connectivity index (χ2n) is 13.8. The molecule has 2 saturated heterocycles. The van der Waals surface area contributed by atoms with Crippen molar-refractivity contribution in [1.82, 2.24) is 19.4 Å². The van der Waals surface area contributed by atoms with Crippen molar-refractivity contribution in [3.05, 3.63) is 113 Å². The molecule has 274 valence electrons. The molecule has 2 aromatic carbocycles. The van der Waals surface area contributed by atoms with Crippen LogP contribution in [-0.4, -0.2) is 85.1 Å². The number of piperidine rings is 1. The number of aromatic nitrogens is 2. The number of ketones is 1. The molecule has 4 aromatic rings. The van der Waals surface area contributed by atoms with Gasteiger partial charge >= 0.3 is 0 Å². The van der Waals surface area contributed by atoms with Gasteiger partial charge in [-0.05, 0) is 95.1 Å². The van der Waals surface area contributed by atoms with Gasteiger partial charge in [-0.3, -0.25) is 9.59 Å². The summed E-state index contributed by atoms with van der Waals surface area (Å²) in [4.78, 5) is 37.0. The standard InChI is InChI=1S/C42H50N4O6/c1-6-7-9-14-34-27-43-40(46(34)28-35-16-15-30(2)52-35)38(47)31-17-21-44(22-18-31)23-19-42(33-12-10-8-11-13-33)20-24-45(29-42)41(48)32-25-36(49-3)39(51-5)37(26-32)50-4/h6-16,25-27,31H,17-24,28-29H2,1-5H3. The van der Waals surface area contributed by atoms with Crippen LogP contribution in [0, 0.1) is 12.8 Å². The van der Waals surface area contributed by atoms with E-state index in [0.717, 1.165) is 62.5 Å². The van der Waals surface area contributed by atoms with Crippen LogP contribution in [-0.2, 0) is 12.0 Å². The van der Waals surface area contributed by atoms with Crippen molar-refractivity contribution < 1.29 is 28.2 Å². The molecule has 4 heterocycles. The van der Waals surface area contributed by atoms with Gasteiger partial charge in [0.15, 0.2) is 17.3 Å². The lowest BCUT2D eigenvalue weighted by Crippen LogP contribution is -2.41. The SMILES string of the molecule is CC=CC=Cc1cnc(C(=O)C2CCN(CCC3(c4ccccc4)CCN(C(=O)c4cc(OC)c(OC)c(OC)c4)C3)CC2)n1Cc1ccc(C)o1. The number of amides is 1. The van der Waals surface area contributed by atoms with Crippen LogP contribution < -0.4 is 14.2 Å². The van der Waals surface area contributed by atoms with E-state index >= 15 is 0 Å². The largest absolute Gasteiger partial charge is 0.493 e. The van der Waals surface area contributed by atoms with E-state index in [9.17, 15) is 9.59 Å². The van der Waals surface area contributed by atoms with Crippen molar-refractivity contribution in [1.29, 1.82) is 0 Å². The second-order valence-corrected chi connectivity index (χ2v) is 13.8. The van der Waals surface area contributed by atoms with E-state index < -0.39 is 0 Å². The predicted molar refractivity (Wildman–Crippen MR) is 201 cm³/mol. The molecule has 10 heteroatoms. The molecule has 1 unspecified atom stereocenters. The first kappa shape index (κ1) is 36.7. The van der Waals surface area contributed by atoms with Gasteiger partial charge in [0.25, 0.3) is 5.91 Å². The molecule has 52 heavy (non-hydrogen) atoms. The first-order valence-corrected chi connectivity index (χ1v) is 18.1. The molecule has 10 nitrogen and oxygen atoms in total. The first-order valence-electron chi connectivity index (χ1n) is 18.1. The third-order valence-corrected chi connectivity index (χ3v) is 10.6. The van der Waals surface area contributed by atoms with Crippen LogP contribution in [0.5, 0.6) is 17.2 Å². The highest BCUT2D eigenvalue weighted by Crippen LogP contribution is 2.41. The molecule has 0 radical (unpaired) electrons. The molecule has 2 aliphatic heterocycles. The van der Waals surface area contributed by atoms with Gasteiger partial charge in [-0.1, -0.05) is 48.6 Å². The number of hydrogen-bond donors (Lipinski definition) is 0. The number of hydrogen-bond acceptors (Lipinski definition) is 8. The zero-order valence-corrected chi connectivity index (χ0v) is 31.0. The minimum Gasteiger partial charge on any atom is -0.493 e. The summed E-state index contributed by atoms with van der Waals surface area (Å²) in [6.45, 7) is 8.16. The minimum atomic E-state index is -0.184. The molecule has 1 amide bonds. The molecule has 0 spiro atoms. The normalized spacial score (nSPS) is 18.4. The maximum Gasteiger partial charge on any atom is 0.254 e. The maximum atomic E-state index is 14.0. The van der Waals surface area contributed by atoms with Crippen LogP contribution in [0.15, 0.2) is 83.4 Å². The van der Waals surface area contributed by atoms with Gasteiger partial charge < -0.3 is 33.0 Å². The van der Waals surface area contributed by atoms with E-state index in [1.54, 1.807) is 39.7 Å². The highest BCUT2D eigenvalue weighted by Gasteiger charge is 2.42. The molecule has 2 aliphatic rings. The molecule has 0 aliphatic carbocycles. The average molecular weight is 707 g/mol. The Balaban J connectivity index is 1.13. The molecule has 6 rings (SSSR count). The number of ether oxygens (including phenoxy) is 3. The summed E-state index contributed by atoms with van der Waals surface area (Å²) < 4.78 is 24.4. The molecule has 1 atom stereocenters. The molecular weight excluding hydrogens is 656 g/mol. The van der Waals surface area contributed by atoms with Crippen molar-refractivity contribution >= 4 is 17.8 Å². The van der Waals surface area contributed by atoms with Gasteiger partial charge in [0.05, 0.1) is 39.8 Å². The van der Waals surface area contributed by atoms with E-state index in [4.69, 9.17) is 18.6 Å². The third kappa shape index (κ3) is 7.87. The van der Waals surface area contributed by atoms with Crippen LogP contribution in [0.25, 0.3) is 6.08 Å². The monoisotopic (exact) mass is 706 g/mol. The van der Waals surface area contributed by atoms with E-state index in [0.29, 0.717) is 48.3 Å². The Morgan fingerprint density at radius 3 is 2.33 bits per heavy atom. The van der Waals surface area contributed by atoms with Gasteiger partial charge in [0, 0.05) is 30.0 Å². The Morgan fingerprint density at radius 1 is 0.962 bits per heavy atom. The molecule has 0 saturated carbocycles. The molecular formula is C42H50N4O6. The fourth-order valence-electron chi connectivity index (χ4n) is 7.66. The number of imidazole rings is 1. The Bertz CT molecular complexity index is 1880. The maximum absolute atomic E-state index is 14.0. The number of allylic oxidation sites excluding steroid dienone is 3. The summed E-state index contributed by atoms with van der Waals surface area (Å²) in [6.07, 6.45) is 13.0. The summed E-state index contributed by atoms with van der Waals surface area (Å²) >= 11 is 0. The number of carbonyl (C=O) groups is 2. The first-order chi connectivity index (χ1) is 25.3. The summed E-state index contributed by atoms with van der Waals surface area (Å²) in [5, 5.41) is 0. The van der Waals surface area contributed by atoms with Crippen LogP contribution in [0.1, 0.15) is 76.4 Å². The van der Waals surface area contributed by atoms with Crippen molar-refractivity contribution in [2.45, 2.75) is 51.5 Å². The number of rotatable bonds is 14. The summed E-state index contributed by atoms with van der Waals surface area (Å²) in [6, 6.07) is 17.9. The number of Topliss-reactive ketones (excluding diaryl/α,β-unsaturated/α-hetero) is 1. The topological polar surface area (TPSA) is 99.3 Å². The highest BCUT2D eigenvalue weighted by atomic mass is 16.5. The third-order valence-electron chi connectivity index (χ3n) is 10.6. The number of aryl methyl sites for hydroxylation is 1.